The maximum absolute atomic E-state index is 11.7. The summed E-state index contributed by atoms with van der Waals surface area (Å²) in [6, 6.07) is 3.02. The van der Waals surface area contributed by atoms with Crippen LogP contribution < -0.4 is 15.8 Å². The Hall–Kier alpha value is -1.67. The summed E-state index contributed by atoms with van der Waals surface area (Å²) in [6.45, 7) is 1.75. The quantitative estimate of drug-likeness (QED) is 0.652. The van der Waals surface area contributed by atoms with E-state index in [-0.39, 0.29) is 24.0 Å². The molecule has 8 heteroatoms. The molecule has 4 N–H and O–H groups in total. The summed E-state index contributed by atoms with van der Waals surface area (Å²) in [6.07, 6.45) is 0. The van der Waals surface area contributed by atoms with Crippen molar-refractivity contribution in [2.75, 3.05) is 25.1 Å². The average Bonchev–Trinajstić information content (AvgIpc) is 2.27. The summed E-state index contributed by atoms with van der Waals surface area (Å²) >= 11 is 0. The molecule has 18 heavy (non-hydrogen) atoms. The highest BCUT2D eigenvalue weighted by Crippen LogP contribution is 2.06. The summed E-state index contributed by atoms with van der Waals surface area (Å²) in [5, 5.41) is 2.50. The summed E-state index contributed by atoms with van der Waals surface area (Å²) < 4.78 is 24.4. The van der Waals surface area contributed by atoms with E-state index in [1.54, 1.807) is 13.0 Å². The van der Waals surface area contributed by atoms with E-state index < -0.39 is 10.0 Å². The van der Waals surface area contributed by atoms with E-state index in [4.69, 9.17) is 5.73 Å². The lowest BCUT2D eigenvalue weighted by molar-refractivity contribution is 0.0956. The first-order chi connectivity index (χ1) is 8.34. The number of aromatic nitrogens is 1. The molecule has 1 amide bonds. The fourth-order valence-electron chi connectivity index (χ4n) is 1.33. The van der Waals surface area contributed by atoms with E-state index in [0.717, 1.165) is 0 Å². The Bertz CT molecular complexity index is 522. The number of nitrogens with two attached hydrogens (primary N) is 1. The SMILES string of the molecule is CNS(=O)(=O)CCNC(=O)c1cc(C)nc(N)c1. The number of carbonyl (C=O) groups excluding carboxylic acids is 1. The highest BCUT2D eigenvalue weighted by molar-refractivity contribution is 7.89. The molecule has 0 unspecified atom stereocenters. The lowest BCUT2D eigenvalue weighted by Gasteiger charge is -2.06. The number of nitrogens with zero attached hydrogens (tertiary/aromatic N) is 1. The van der Waals surface area contributed by atoms with E-state index in [0.29, 0.717) is 11.3 Å². The van der Waals surface area contributed by atoms with Crippen LogP contribution in [0, 0.1) is 6.92 Å². The molecular formula is C10H16N4O3S. The molecule has 0 radical (unpaired) electrons. The highest BCUT2D eigenvalue weighted by atomic mass is 32.2. The van der Waals surface area contributed by atoms with Gasteiger partial charge in [-0.05, 0) is 26.1 Å². The van der Waals surface area contributed by atoms with Crippen LogP contribution in [0.4, 0.5) is 5.82 Å². The van der Waals surface area contributed by atoms with Gasteiger partial charge < -0.3 is 11.1 Å². The maximum atomic E-state index is 11.7. The fraction of sp³-hybridized carbons (Fsp3) is 0.400. The van der Waals surface area contributed by atoms with Gasteiger partial charge in [0.05, 0.1) is 5.75 Å². The molecule has 0 atom stereocenters. The van der Waals surface area contributed by atoms with Crippen LogP contribution in [-0.4, -0.2) is 38.7 Å². The number of nitrogen functional groups attached to an aromatic ring is 1. The third-order valence-corrected chi connectivity index (χ3v) is 3.57. The number of aryl methyl sites for hydroxylation is 1. The van der Waals surface area contributed by atoms with Gasteiger partial charge in [0, 0.05) is 17.8 Å². The van der Waals surface area contributed by atoms with Gasteiger partial charge in [-0.25, -0.2) is 18.1 Å². The number of hydrogen-bond donors (Lipinski definition) is 3. The first-order valence-corrected chi connectivity index (χ1v) is 6.93. The van der Waals surface area contributed by atoms with E-state index in [1.807, 2.05) is 0 Å². The molecule has 1 aromatic rings. The molecule has 0 saturated carbocycles. The number of pyridine rings is 1. The minimum atomic E-state index is -3.32. The predicted octanol–water partition coefficient (Wildman–Crippen LogP) is -0.749. The van der Waals surface area contributed by atoms with Crippen LogP contribution >= 0.6 is 0 Å². The van der Waals surface area contributed by atoms with E-state index in [9.17, 15) is 13.2 Å². The Morgan fingerprint density at radius 3 is 2.67 bits per heavy atom. The molecule has 0 aliphatic rings. The highest BCUT2D eigenvalue weighted by Gasteiger charge is 2.10. The van der Waals surface area contributed by atoms with Crippen molar-refractivity contribution in [1.82, 2.24) is 15.0 Å². The standard InChI is InChI=1S/C10H16N4O3S/c1-7-5-8(6-9(11)14-7)10(15)13-3-4-18(16,17)12-2/h5-6,12H,3-4H2,1-2H3,(H2,11,14)(H,13,15). The number of sulfonamides is 1. The number of nitrogens with one attached hydrogen (secondary N) is 2. The summed E-state index contributed by atoms with van der Waals surface area (Å²) in [5.74, 6) is -0.295. The third kappa shape index (κ3) is 4.30. The number of anilines is 1. The van der Waals surface area contributed by atoms with Crippen molar-refractivity contribution in [3.05, 3.63) is 23.4 Å². The molecule has 0 aliphatic carbocycles. The minimum absolute atomic E-state index is 0.0310. The predicted molar refractivity (Wildman–Crippen MR) is 68.6 cm³/mol. The molecule has 1 heterocycles. The lowest BCUT2D eigenvalue weighted by atomic mass is 10.2. The molecule has 1 rings (SSSR count). The Labute approximate surface area is 106 Å². The van der Waals surface area contributed by atoms with Crippen LogP contribution in [0.2, 0.25) is 0 Å². The maximum Gasteiger partial charge on any atom is 0.251 e. The summed E-state index contributed by atoms with van der Waals surface area (Å²) in [5.41, 5.74) is 6.51. The van der Waals surface area contributed by atoms with Gasteiger partial charge in [0.15, 0.2) is 0 Å². The zero-order valence-corrected chi connectivity index (χ0v) is 11.0. The van der Waals surface area contributed by atoms with Gasteiger partial charge in [0.25, 0.3) is 5.91 Å². The van der Waals surface area contributed by atoms with Crippen LogP contribution in [0.15, 0.2) is 12.1 Å². The molecule has 1 aromatic heterocycles. The van der Waals surface area contributed by atoms with Crippen LogP contribution in [0.5, 0.6) is 0 Å². The second-order valence-electron chi connectivity index (χ2n) is 3.70. The van der Waals surface area contributed by atoms with Crippen LogP contribution in [-0.2, 0) is 10.0 Å². The van der Waals surface area contributed by atoms with Gasteiger partial charge in [0.1, 0.15) is 5.82 Å². The topological polar surface area (TPSA) is 114 Å². The van der Waals surface area contributed by atoms with Gasteiger partial charge in [-0.2, -0.15) is 0 Å². The second kappa shape index (κ2) is 5.78. The van der Waals surface area contributed by atoms with Gasteiger partial charge >= 0.3 is 0 Å². The average molecular weight is 272 g/mol. The number of hydrogen-bond acceptors (Lipinski definition) is 5. The van der Waals surface area contributed by atoms with E-state index in [1.165, 1.54) is 13.1 Å². The van der Waals surface area contributed by atoms with Gasteiger partial charge in [-0.3, -0.25) is 4.79 Å². The van der Waals surface area contributed by atoms with Crippen molar-refractivity contribution >= 4 is 21.7 Å². The van der Waals surface area contributed by atoms with Gasteiger partial charge in [-0.1, -0.05) is 0 Å². The molecule has 7 nitrogen and oxygen atoms in total. The minimum Gasteiger partial charge on any atom is -0.384 e. The van der Waals surface area contributed by atoms with Crippen LogP contribution in [0.3, 0.4) is 0 Å². The molecule has 0 bridgehead atoms. The molecule has 0 aliphatic heterocycles. The van der Waals surface area contributed by atoms with Crippen LogP contribution in [0.1, 0.15) is 16.1 Å². The zero-order valence-electron chi connectivity index (χ0n) is 10.2. The molecule has 100 valence electrons. The Morgan fingerprint density at radius 2 is 2.11 bits per heavy atom. The molecule has 0 fully saturated rings. The monoisotopic (exact) mass is 272 g/mol. The smallest absolute Gasteiger partial charge is 0.251 e. The first kappa shape index (κ1) is 14.4. The zero-order chi connectivity index (χ0) is 13.8. The molecular weight excluding hydrogens is 256 g/mol. The Balaban J connectivity index is 2.61. The van der Waals surface area contributed by atoms with E-state index >= 15 is 0 Å². The van der Waals surface area contributed by atoms with E-state index in [2.05, 4.69) is 15.0 Å². The lowest BCUT2D eigenvalue weighted by Crippen LogP contribution is -2.33. The number of carbonyl (C=O) groups is 1. The van der Waals surface area contributed by atoms with Gasteiger partial charge in [-0.15, -0.1) is 0 Å². The number of rotatable bonds is 5. The van der Waals surface area contributed by atoms with Crippen molar-refractivity contribution in [1.29, 1.82) is 0 Å². The number of amides is 1. The normalized spacial score (nSPS) is 11.2. The van der Waals surface area contributed by atoms with Crippen molar-refractivity contribution in [3.63, 3.8) is 0 Å². The molecule has 0 spiro atoms. The van der Waals surface area contributed by atoms with Crippen molar-refractivity contribution in [3.8, 4) is 0 Å². The fourth-order valence-corrected chi connectivity index (χ4v) is 1.90. The van der Waals surface area contributed by atoms with Crippen molar-refractivity contribution in [2.45, 2.75) is 6.92 Å². The second-order valence-corrected chi connectivity index (χ2v) is 5.75. The molecule has 0 saturated heterocycles. The van der Waals surface area contributed by atoms with Crippen LogP contribution in [0.25, 0.3) is 0 Å². The first-order valence-electron chi connectivity index (χ1n) is 5.27. The molecule has 0 aromatic carbocycles. The Kier molecular flexibility index (Phi) is 4.62. The van der Waals surface area contributed by atoms with Crippen molar-refractivity contribution < 1.29 is 13.2 Å². The summed E-state index contributed by atoms with van der Waals surface area (Å²) in [4.78, 5) is 15.7. The summed E-state index contributed by atoms with van der Waals surface area (Å²) in [7, 11) is -1.99. The van der Waals surface area contributed by atoms with Gasteiger partial charge in [0.2, 0.25) is 10.0 Å². The Morgan fingerprint density at radius 1 is 1.44 bits per heavy atom. The third-order valence-electron chi connectivity index (χ3n) is 2.20. The largest absolute Gasteiger partial charge is 0.384 e. The van der Waals surface area contributed by atoms with Crippen molar-refractivity contribution in [2.24, 2.45) is 0 Å².